The largest absolute Gasteiger partial charge is 0.493 e. The van der Waals surface area contributed by atoms with Gasteiger partial charge in [0.05, 0.1) is 12.2 Å². The van der Waals surface area contributed by atoms with Gasteiger partial charge < -0.3 is 24.3 Å². The second kappa shape index (κ2) is 9.32. The maximum absolute atomic E-state index is 12.4. The molecule has 1 aliphatic heterocycles. The molecule has 0 aliphatic carbocycles. The molecule has 2 aromatic carbocycles. The van der Waals surface area contributed by atoms with Crippen molar-refractivity contribution in [3.05, 3.63) is 48.0 Å². The Kier molecular flexibility index (Phi) is 6.59. The number of hydrogen-bond donors (Lipinski definition) is 1. The highest BCUT2D eigenvalue weighted by molar-refractivity contribution is 5.97. The Morgan fingerprint density at radius 2 is 1.69 bits per heavy atom. The Labute approximate surface area is 169 Å². The number of carbonyl (C=O) groups is 2. The van der Waals surface area contributed by atoms with Crippen LogP contribution in [0.25, 0.3) is 0 Å². The number of rotatable bonds is 7. The minimum absolute atomic E-state index is 0.348. The van der Waals surface area contributed by atoms with Crippen molar-refractivity contribution < 1.29 is 28.5 Å². The molecular formula is C22H25NO6. The van der Waals surface area contributed by atoms with Crippen LogP contribution in [-0.4, -0.2) is 37.8 Å². The molecule has 7 nitrogen and oxygen atoms in total. The zero-order valence-corrected chi connectivity index (χ0v) is 16.8. The van der Waals surface area contributed by atoms with Gasteiger partial charge >= 0.3 is 5.97 Å². The van der Waals surface area contributed by atoms with Crippen molar-refractivity contribution in [2.24, 2.45) is 5.92 Å². The van der Waals surface area contributed by atoms with E-state index in [2.05, 4.69) is 19.2 Å². The van der Waals surface area contributed by atoms with Crippen molar-refractivity contribution in [2.45, 2.75) is 26.9 Å². The van der Waals surface area contributed by atoms with Crippen LogP contribution >= 0.6 is 0 Å². The van der Waals surface area contributed by atoms with Gasteiger partial charge in [0.2, 0.25) is 0 Å². The summed E-state index contributed by atoms with van der Waals surface area (Å²) >= 11 is 0. The van der Waals surface area contributed by atoms with Gasteiger partial charge in [-0.1, -0.05) is 13.8 Å². The molecular weight excluding hydrogens is 374 g/mol. The number of amides is 1. The summed E-state index contributed by atoms with van der Waals surface area (Å²) in [5.74, 6) is 1.28. The van der Waals surface area contributed by atoms with Gasteiger partial charge in [-0.15, -0.1) is 0 Å². The van der Waals surface area contributed by atoms with Gasteiger partial charge in [0.15, 0.2) is 17.6 Å². The van der Waals surface area contributed by atoms with Crippen molar-refractivity contribution >= 4 is 17.6 Å². The van der Waals surface area contributed by atoms with Gasteiger partial charge in [-0.25, -0.2) is 4.79 Å². The number of fused-ring (bicyclic) bond motifs is 1. The molecule has 0 radical (unpaired) electrons. The third-order valence-electron chi connectivity index (χ3n) is 4.14. The second-order valence-corrected chi connectivity index (χ2v) is 7.12. The lowest BCUT2D eigenvalue weighted by Gasteiger charge is -2.19. The SMILES string of the molecule is CC(C)COc1ccc(C(=O)O[C@H](C)C(=O)Nc2ccc3c(c2)OCCO3)cc1. The van der Waals surface area contributed by atoms with Crippen molar-refractivity contribution in [1.29, 1.82) is 0 Å². The van der Waals surface area contributed by atoms with Crippen molar-refractivity contribution in [3.63, 3.8) is 0 Å². The minimum atomic E-state index is -0.965. The standard InChI is InChI=1S/C22H25NO6/c1-14(2)13-28-18-7-4-16(5-8-18)22(25)29-15(3)21(24)23-17-6-9-19-20(12-17)27-11-10-26-19/h4-9,12,14-15H,10-11,13H2,1-3H3,(H,23,24)/t15-/m1/s1. The minimum Gasteiger partial charge on any atom is -0.493 e. The van der Waals surface area contributed by atoms with Crippen LogP contribution in [0.1, 0.15) is 31.1 Å². The van der Waals surface area contributed by atoms with E-state index in [1.807, 2.05) is 0 Å². The van der Waals surface area contributed by atoms with Gasteiger partial charge in [-0.3, -0.25) is 4.79 Å². The fourth-order valence-electron chi connectivity index (χ4n) is 2.60. The van der Waals surface area contributed by atoms with Crippen molar-refractivity contribution in [2.75, 3.05) is 25.1 Å². The smallest absolute Gasteiger partial charge is 0.338 e. The first-order chi connectivity index (χ1) is 13.9. The maximum Gasteiger partial charge on any atom is 0.338 e. The number of carbonyl (C=O) groups excluding carboxylic acids is 2. The van der Waals surface area contributed by atoms with E-state index in [-0.39, 0.29) is 0 Å². The molecule has 3 rings (SSSR count). The Morgan fingerprint density at radius 3 is 2.38 bits per heavy atom. The summed E-state index contributed by atoms with van der Waals surface area (Å²) < 4.78 is 21.8. The zero-order valence-electron chi connectivity index (χ0n) is 16.8. The molecule has 0 unspecified atom stereocenters. The zero-order chi connectivity index (χ0) is 20.8. The summed E-state index contributed by atoms with van der Waals surface area (Å²) in [4.78, 5) is 24.7. The molecule has 0 bridgehead atoms. The lowest BCUT2D eigenvalue weighted by Crippen LogP contribution is -2.30. The Bertz CT molecular complexity index is 862. The van der Waals surface area contributed by atoms with Gasteiger partial charge in [0, 0.05) is 11.8 Å². The average molecular weight is 399 g/mol. The molecule has 0 saturated heterocycles. The quantitative estimate of drug-likeness (QED) is 0.715. The Morgan fingerprint density at radius 1 is 1.00 bits per heavy atom. The van der Waals surface area contributed by atoms with E-state index in [0.717, 1.165) is 0 Å². The number of benzene rings is 2. The monoisotopic (exact) mass is 399 g/mol. The lowest BCUT2D eigenvalue weighted by atomic mass is 10.2. The predicted molar refractivity (Wildman–Crippen MR) is 108 cm³/mol. The van der Waals surface area contributed by atoms with Crippen molar-refractivity contribution in [3.8, 4) is 17.2 Å². The molecule has 2 aromatic rings. The van der Waals surface area contributed by atoms with Crippen LogP contribution in [0.5, 0.6) is 17.2 Å². The summed E-state index contributed by atoms with van der Waals surface area (Å²) in [5, 5.41) is 2.71. The third kappa shape index (κ3) is 5.63. The number of ether oxygens (including phenoxy) is 4. The van der Waals surface area contributed by atoms with E-state index < -0.39 is 18.0 Å². The Hall–Kier alpha value is -3.22. The number of anilines is 1. The van der Waals surface area contributed by atoms with E-state index >= 15 is 0 Å². The molecule has 0 spiro atoms. The highest BCUT2D eigenvalue weighted by atomic mass is 16.6. The highest BCUT2D eigenvalue weighted by Crippen LogP contribution is 2.32. The summed E-state index contributed by atoms with van der Waals surface area (Å²) in [6.45, 7) is 7.19. The molecule has 1 amide bonds. The topological polar surface area (TPSA) is 83.1 Å². The molecule has 154 valence electrons. The van der Waals surface area contributed by atoms with E-state index in [0.29, 0.717) is 54.2 Å². The summed E-state index contributed by atoms with van der Waals surface area (Å²) in [6, 6.07) is 11.8. The molecule has 1 heterocycles. The van der Waals surface area contributed by atoms with Crippen LogP contribution in [-0.2, 0) is 9.53 Å². The third-order valence-corrected chi connectivity index (χ3v) is 4.14. The molecule has 1 aliphatic rings. The average Bonchev–Trinajstić information content (AvgIpc) is 2.72. The molecule has 1 N–H and O–H groups in total. The first-order valence-electron chi connectivity index (χ1n) is 9.56. The van der Waals surface area contributed by atoms with Crippen LogP contribution in [0.4, 0.5) is 5.69 Å². The number of esters is 1. The number of hydrogen-bond acceptors (Lipinski definition) is 6. The molecule has 0 saturated carbocycles. The highest BCUT2D eigenvalue weighted by Gasteiger charge is 2.20. The van der Waals surface area contributed by atoms with Crippen LogP contribution in [0.3, 0.4) is 0 Å². The van der Waals surface area contributed by atoms with Gasteiger partial charge in [-0.05, 0) is 49.2 Å². The Balaban J connectivity index is 1.54. The first kappa shape index (κ1) is 20.5. The normalized spacial score (nSPS) is 13.5. The van der Waals surface area contributed by atoms with Crippen LogP contribution in [0, 0.1) is 5.92 Å². The van der Waals surface area contributed by atoms with Crippen molar-refractivity contribution in [1.82, 2.24) is 0 Å². The van der Waals surface area contributed by atoms with E-state index in [1.165, 1.54) is 6.92 Å². The van der Waals surface area contributed by atoms with E-state index in [4.69, 9.17) is 18.9 Å². The predicted octanol–water partition coefficient (Wildman–Crippen LogP) is 3.68. The van der Waals surface area contributed by atoms with Gasteiger partial charge in [0.25, 0.3) is 5.91 Å². The molecule has 0 fully saturated rings. The molecule has 29 heavy (non-hydrogen) atoms. The molecule has 1 atom stereocenters. The summed E-state index contributed by atoms with van der Waals surface area (Å²) in [7, 11) is 0. The lowest BCUT2D eigenvalue weighted by molar-refractivity contribution is -0.123. The van der Waals surface area contributed by atoms with Gasteiger partial charge in [-0.2, -0.15) is 0 Å². The summed E-state index contributed by atoms with van der Waals surface area (Å²) in [5.41, 5.74) is 0.884. The van der Waals surface area contributed by atoms with Crippen LogP contribution in [0.15, 0.2) is 42.5 Å². The first-order valence-corrected chi connectivity index (χ1v) is 9.56. The van der Waals surface area contributed by atoms with E-state index in [1.54, 1.807) is 42.5 Å². The van der Waals surface area contributed by atoms with Crippen LogP contribution < -0.4 is 19.5 Å². The summed E-state index contributed by atoms with van der Waals surface area (Å²) in [6.07, 6.45) is -0.965. The fourth-order valence-corrected chi connectivity index (χ4v) is 2.60. The number of nitrogens with one attached hydrogen (secondary N) is 1. The molecule has 0 aromatic heterocycles. The molecule has 7 heteroatoms. The van der Waals surface area contributed by atoms with Gasteiger partial charge in [0.1, 0.15) is 19.0 Å². The van der Waals surface area contributed by atoms with E-state index in [9.17, 15) is 9.59 Å². The second-order valence-electron chi connectivity index (χ2n) is 7.12. The fraction of sp³-hybridized carbons (Fsp3) is 0.364. The van der Waals surface area contributed by atoms with Crippen LogP contribution in [0.2, 0.25) is 0 Å². The maximum atomic E-state index is 12.4.